The van der Waals surface area contributed by atoms with Crippen molar-refractivity contribution in [3.63, 3.8) is 0 Å². The minimum absolute atomic E-state index is 0.149. The first-order valence-corrected chi connectivity index (χ1v) is 12.8. The van der Waals surface area contributed by atoms with Crippen molar-refractivity contribution in [2.75, 3.05) is 32.9 Å². The largest absolute Gasteiger partial charge is 0.486 e. The van der Waals surface area contributed by atoms with Crippen LogP contribution in [0.5, 0.6) is 11.5 Å². The van der Waals surface area contributed by atoms with Crippen molar-refractivity contribution in [2.24, 2.45) is 5.92 Å². The molecular weight excluding hydrogens is 470 g/mol. The van der Waals surface area contributed by atoms with Gasteiger partial charge in [-0.1, -0.05) is 25.1 Å². The van der Waals surface area contributed by atoms with Crippen molar-refractivity contribution in [1.82, 2.24) is 14.7 Å². The van der Waals surface area contributed by atoms with Gasteiger partial charge < -0.3 is 19.1 Å². The van der Waals surface area contributed by atoms with Crippen LogP contribution in [0.1, 0.15) is 31.7 Å². The van der Waals surface area contributed by atoms with E-state index in [2.05, 4.69) is 0 Å². The molecular formula is C29H31N3O5. The van der Waals surface area contributed by atoms with Crippen LogP contribution in [-0.2, 0) is 14.3 Å². The van der Waals surface area contributed by atoms with E-state index in [0.29, 0.717) is 42.9 Å². The molecule has 2 heterocycles. The lowest BCUT2D eigenvalue weighted by Gasteiger charge is -2.21. The van der Waals surface area contributed by atoms with Crippen molar-refractivity contribution in [2.45, 2.75) is 26.2 Å². The van der Waals surface area contributed by atoms with E-state index < -0.39 is 5.97 Å². The molecule has 0 atom stereocenters. The van der Waals surface area contributed by atoms with Gasteiger partial charge in [0.1, 0.15) is 18.9 Å². The van der Waals surface area contributed by atoms with Crippen LogP contribution in [-0.4, -0.2) is 59.5 Å². The first-order chi connectivity index (χ1) is 18.1. The highest BCUT2D eigenvalue weighted by atomic mass is 16.6. The maximum absolute atomic E-state index is 12.6. The predicted octanol–water partition coefficient (Wildman–Crippen LogP) is 4.52. The molecule has 2 aliphatic rings. The second-order valence-electron chi connectivity index (χ2n) is 9.30. The topological polar surface area (TPSA) is 82.9 Å². The minimum Gasteiger partial charge on any atom is -0.486 e. The van der Waals surface area contributed by atoms with Crippen LogP contribution in [0.15, 0.2) is 60.8 Å². The fourth-order valence-electron chi connectivity index (χ4n) is 4.27. The normalized spacial score (nSPS) is 14.5. The number of para-hydroxylation sites is 1. The average Bonchev–Trinajstić information content (AvgIpc) is 3.65. The summed E-state index contributed by atoms with van der Waals surface area (Å²) >= 11 is 0. The molecule has 0 N–H and O–H groups in total. The number of benzene rings is 2. The zero-order valence-corrected chi connectivity index (χ0v) is 21.0. The third kappa shape index (κ3) is 6.20. The molecule has 2 aromatic carbocycles. The number of amides is 1. The molecule has 0 spiro atoms. The van der Waals surface area contributed by atoms with Gasteiger partial charge in [-0.3, -0.25) is 4.79 Å². The first-order valence-electron chi connectivity index (χ1n) is 12.8. The Kier molecular flexibility index (Phi) is 7.54. The van der Waals surface area contributed by atoms with Crippen LogP contribution in [0.3, 0.4) is 0 Å². The molecule has 0 unspecified atom stereocenters. The number of aromatic nitrogens is 2. The molecule has 1 aliphatic heterocycles. The van der Waals surface area contributed by atoms with Crippen LogP contribution in [0.25, 0.3) is 23.0 Å². The van der Waals surface area contributed by atoms with E-state index in [1.165, 1.54) is 18.9 Å². The molecule has 5 rings (SSSR count). The molecule has 1 saturated carbocycles. The van der Waals surface area contributed by atoms with Crippen molar-refractivity contribution >= 4 is 18.0 Å². The van der Waals surface area contributed by atoms with E-state index in [1.54, 1.807) is 15.7 Å². The first kappa shape index (κ1) is 24.6. The van der Waals surface area contributed by atoms with E-state index in [0.717, 1.165) is 29.8 Å². The zero-order valence-electron chi connectivity index (χ0n) is 21.0. The number of carbonyl (C=O) groups is 2. The van der Waals surface area contributed by atoms with E-state index in [9.17, 15) is 9.59 Å². The fraction of sp³-hybridized carbons (Fsp3) is 0.345. The van der Waals surface area contributed by atoms with E-state index in [4.69, 9.17) is 19.3 Å². The molecule has 3 aromatic rings. The van der Waals surface area contributed by atoms with Gasteiger partial charge in [-0.05, 0) is 61.6 Å². The van der Waals surface area contributed by atoms with Gasteiger partial charge in [-0.15, -0.1) is 0 Å². The van der Waals surface area contributed by atoms with Gasteiger partial charge in [0, 0.05) is 36.5 Å². The standard InChI is InChI=1S/C29H31N3O5/c1-2-14-31(18-21-8-9-21)27(33)20-37-28(34)13-11-23-19-32(24-6-4-3-5-7-24)30-29(23)22-10-12-25-26(17-22)36-16-15-35-25/h3-7,10-13,17,19,21H,2,8-9,14-16,18,20H2,1H3/b13-11+. The van der Waals surface area contributed by atoms with E-state index >= 15 is 0 Å². The molecule has 8 nitrogen and oxygen atoms in total. The SMILES string of the molecule is CCCN(CC1CC1)C(=O)COC(=O)/C=C/c1cn(-c2ccccc2)nc1-c1ccc2c(c1)OCCO2. The Morgan fingerprint density at radius 1 is 1.11 bits per heavy atom. The molecule has 37 heavy (non-hydrogen) atoms. The van der Waals surface area contributed by atoms with Crippen LogP contribution < -0.4 is 9.47 Å². The van der Waals surface area contributed by atoms with Crippen LogP contribution in [0.4, 0.5) is 0 Å². The summed E-state index contributed by atoms with van der Waals surface area (Å²) in [6.45, 7) is 4.22. The van der Waals surface area contributed by atoms with Crippen LogP contribution in [0, 0.1) is 5.92 Å². The Hall–Kier alpha value is -4.07. The second kappa shape index (κ2) is 11.3. The molecule has 0 bridgehead atoms. The number of fused-ring (bicyclic) bond motifs is 1. The lowest BCUT2D eigenvalue weighted by molar-refractivity contribution is -0.148. The summed E-state index contributed by atoms with van der Waals surface area (Å²) in [6.07, 6.45) is 8.07. The average molecular weight is 502 g/mol. The van der Waals surface area contributed by atoms with E-state index in [-0.39, 0.29) is 12.5 Å². The van der Waals surface area contributed by atoms with Gasteiger partial charge in [0.15, 0.2) is 18.1 Å². The summed E-state index contributed by atoms with van der Waals surface area (Å²) in [5.74, 6) is 1.22. The molecule has 1 aliphatic carbocycles. The van der Waals surface area contributed by atoms with Gasteiger partial charge in [-0.25, -0.2) is 9.48 Å². The highest BCUT2D eigenvalue weighted by Crippen LogP contribution is 2.35. The lowest BCUT2D eigenvalue weighted by atomic mass is 10.1. The number of nitrogens with zero attached hydrogens (tertiary/aromatic N) is 3. The molecule has 1 aromatic heterocycles. The number of hydrogen-bond donors (Lipinski definition) is 0. The second-order valence-corrected chi connectivity index (χ2v) is 9.30. The number of ether oxygens (including phenoxy) is 3. The number of esters is 1. The Balaban J connectivity index is 1.33. The van der Waals surface area contributed by atoms with Crippen LogP contribution in [0.2, 0.25) is 0 Å². The number of rotatable bonds is 10. The maximum Gasteiger partial charge on any atom is 0.331 e. The summed E-state index contributed by atoms with van der Waals surface area (Å²) in [7, 11) is 0. The third-order valence-corrected chi connectivity index (χ3v) is 6.34. The van der Waals surface area contributed by atoms with Gasteiger partial charge >= 0.3 is 5.97 Å². The van der Waals surface area contributed by atoms with Crippen molar-refractivity contribution in [3.8, 4) is 28.4 Å². The molecule has 0 radical (unpaired) electrons. The number of carbonyl (C=O) groups excluding carboxylic acids is 2. The monoisotopic (exact) mass is 501 g/mol. The third-order valence-electron chi connectivity index (χ3n) is 6.34. The van der Waals surface area contributed by atoms with Gasteiger partial charge in [0.2, 0.25) is 0 Å². The summed E-state index contributed by atoms with van der Waals surface area (Å²) in [5, 5.41) is 4.79. The quantitative estimate of drug-likeness (QED) is 0.300. The summed E-state index contributed by atoms with van der Waals surface area (Å²) in [6, 6.07) is 15.4. The Labute approximate surface area is 216 Å². The number of hydrogen-bond acceptors (Lipinski definition) is 6. The molecule has 8 heteroatoms. The fourth-order valence-corrected chi connectivity index (χ4v) is 4.27. The van der Waals surface area contributed by atoms with Crippen LogP contribution >= 0.6 is 0 Å². The van der Waals surface area contributed by atoms with Gasteiger partial charge in [0.25, 0.3) is 5.91 Å². The molecule has 1 amide bonds. The van der Waals surface area contributed by atoms with E-state index in [1.807, 2.05) is 61.7 Å². The highest BCUT2D eigenvalue weighted by molar-refractivity contribution is 5.90. The zero-order chi connectivity index (χ0) is 25.6. The van der Waals surface area contributed by atoms with Crippen molar-refractivity contribution in [3.05, 3.63) is 66.4 Å². The Bertz CT molecular complexity index is 1280. The summed E-state index contributed by atoms with van der Waals surface area (Å²) < 4.78 is 18.4. The Morgan fingerprint density at radius 3 is 2.65 bits per heavy atom. The lowest BCUT2D eigenvalue weighted by Crippen LogP contribution is -2.36. The molecule has 1 fully saturated rings. The predicted molar refractivity (Wildman–Crippen MR) is 140 cm³/mol. The smallest absolute Gasteiger partial charge is 0.331 e. The van der Waals surface area contributed by atoms with Crippen molar-refractivity contribution < 1.29 is 23.8 Å². The van der Waals surface area contributed by atoms with Gasteiger partial charge in [0.05, 0.1) is 5.69 Å². The maximum atomic E-state index is 12.6. The highest BCUT2D eigenvalue weighted by Gasteiger charge is 2.26. The minimum atomic E-state index is -0.572. The van der Waals surface area contributed by atoms with Crippen molar-refractivity contribution in [1.29, 1.82) is 0 Å². The van der Waals surface area contributed by atoms with Gasteiger partial charge in [-0.2, -0.15) is 5.10 Å². The summed E-state index contributed by atoms with van der Waals surface area (Å²) in [4.78, 5) is 26.9. The molecule has 192 valence electrons. The summed E-state index contributed by atoms with van der Waals surface area (Å²) in [5.41, 5.74) is 3.13. The Morgan fingerprint density at radius 2 is 1.89 bits per heavy atom. The molecule has 0 saturated heterocycles.